The van der Waals surface area contributed by atoms with Gasteiger partial charge in [0.1, 0.15) is 17.5 Å². The molecule has 0 aliphatic heterocycles. The first-order chi connectivity index (χ1) is 14.6. The van der Waals surface area contributed by atoms with E-state index in [4.69, 9.17) is 15.0 Å². The van der Waals surface area contributed by atoms with Crippen LogP contribution < -0.4 is 0 Å². The summed E-state index contributed by atoms with van der Waals surface area (Å²) in [6, 6.07) is 0.424. The van der Waals surface area contributed by atoms with E-state index in [-0.39, 0.29) is 18.1 Å². The van der Waals surface area contributed by atoms with Crippen molar-refractivity contribution in [2.75, 3.05) is 0 Å². The number of hydrogen-bond acceptors (Lipinski definition) is 6. The Morgan fingerprint density at radius 1 is 0.633 bits per heavy atom. The summed E-state index contributed by atoms with van der Waals surface area (Å²) >= 11 is 0. The van der Waals surface area contributed by atoms with Gasteiger partial charge in [-0.05, 0) is 19.3 Å². The highest BCUT2D eigenvalue weighted by atomic mass is 15.1. The number of aliphatic imine (C=N–C) groups is 3. The highest BCUT2D eigenvalue weighted by molar-refractivity contribution is 5.76. The molecule has 9 nitrogen and oxygen atoms in total. The average Bonchev–Trinajstić information content (AvgIpc) is 3.45. The van der Waals surface area contributed by atoms with E-state index in [0.29, 0.717) is 0 Å². The molecule has 9 heteroatoms. The van der Waals surface area contributed by atoms with Gasteiger partial charge in [-0.2, -0.15) is 0 Å². The first-order valence-corrected chi connectivity index (χ1v) is 10.1. The van der Waals surface area contributed by atoms with Gasteiger partial charge in [-0.1, -0.05) is 0 Å². The predicted octanol–water partition coefficient (Wildman–Crippen LogP) is 1.83. The summed E-state index contributed by atoms with van der Waals surface area (Å²) in [7, 11) is 5.90. The molecule has 1 aliphatic rings. The molecule has 4 rings (SSSR count). The van der Waals surface area contributed by atoms with E-state index in [9.17, 15) is 0 Å². The largest absolute Gasteiger partial charge is 0.333 e. The van der Waals surface area contributed by atoms with Crippen molar-refractivity contribution in [2.24, 2.45) is 36.1 Å². The Bertz CT molecular complexity index is 912. The Balaban J connectivity index is 1.51. The number of aryl methyl sites for hydroxylation is 3. The molecule has 0 bridgehead atoms. The van der Waals surface area contributed by atoms with Gasteiger partial charge in [0.05, 0.1) is 36.8 Å². The lowest BCUT2D eigenvalue weighted by Gasteiger charge is -2.29. The summed E-state index contributed by atoms with van der Waals surface area (Å²) in [5, 5.41) is 0. The van der Waals surface area contributed by atoms with Crippen LogP contribution in [0.2, 0.25) is 0 Å². The summed E-state index contributed by atoms with van der Waals surface area (Å²) in [6.45, 7) is 0. The Morgan fingerprint density at radius 3 is 1.17 bits per heavy atom. The second-order valence-corrected chi connectivity index (χ2v) is 7.69. The second-order valence-electron chi connectivity index (χ2n) is 7.69. The fourth-order valence-corrected chi connectivity index (χ4v) is 3.62. The minimum absolute atomic E-state index is 0.141. The smallest absolute Gasteiger partial charge is 0.150 e. The van der Waals surface area contributed by atoms with Gasteiger partial charge in [-0.15, -0.1) is 0 Å². The van der Waals surface area contributed by atoms with Crippen LogP contribution in [0.3, 0.4) is 0 Å². The summed E-state index contributed by atoms with van der Waals surface area (Å²) in [6.07, 6.45) is 19.3. The maximum Gasteiger partial charge on any atom is 0.150 e. The predicted molar refractivity (Wildman–Crippen MR) is 118 cm³/mol. The van der Waals surface area contributed by atoms with E-state index in [0.717, 1.165) is 36.7 Å². The Labute approximate surface area is 176 Å². The minimum Gasteiger partial charge on any atom is -0.333 e. The van der Waals surface area contributed by atoms with Crippen LogP contribution in [0.25, 0.3) is 0 Å². The van der Waals surface area contributed by atoms with Gasteiger partial charge in [-0.3, -0.25) is 15.0 Å². The molecular formula is C21H27N9. The Morgan fingerprint density at radius 2 is 0.933 bits per heavy atom. The van der Waals surface area contributed by atoms with Gasteiger partial charge >= 0.3 is 0 Å². The molecule has 0 atom stereocenters. The van der Waals surface area contributed by atoms with Gasteiger partial charge < -0.3 is 13.7 Å². The quantitative estimate of drug-likeness (QED) is 0.586. The van der Waals surface area contributed by atoms with Crippen LogP contribution in [0.15, 0.2) is 52.2 Å². The van der Waals surface area contributed by atoms with Crippen LogP contribution in [0.4, 0.5) is 0 Å². The van der Waals surface area contributed by atoms with Gasteiger partial charge in [-0.25, -0.2) is 15.0 Å². The zero-order chi connectivity index (χ0) is 20.9. The molecule has 0 radical (unpaired) electrons. The van der Waals surface area contributed by atoms with Crippen molar-refractivity contribution in [1.82, 2.24) is 28.7 Å². The molecule has 0 N–H and O–H groups in total. The molecule has 156 valence electrons. The maximum absolute atomic E-state index is 4.81. The molecule has 3 heterocycles. The Kier molecular flexibility index (Phi) is 5.97. The zero-order valence-corrected chi connectivity index (χ0v) is 17.6. The summed E-state index contributed by atoms with van der Waals surface area (Å²) < 4.78 is 5.87. The van der Waals surface area contributed by atoms with Crippen molar-refractivity contribution in [2.45, 2.75) is 37.4 Å². The van der Waals surface area contributed by atoms with Crippen LogP contribution in [0, 0.1) is 0 Å². The molecule has 1 aliphatic carbocycles. The van der Waals surface area contributed by atoms with Crippen molar-refractivity contribution >= 4 is 18.6 Å². The van der Waals surface area contributed by atoms with E-state index in [1.165, 1.54) is 0 Å². The second kappa shape index (κ2) is 8.98. The van der Waals surface area contributed by atoms with Crippen molar-refractivity contribution in [3.63, 3.8) is 0 Å². The number of rotatable bonds is 6. The third-order valence-electron chi connectivity index (χ3n) is 5.41. The van der Waals surface area contributed by atoms with Gasteiger partial charge in [0.2, 0.25) is 0 Å². The molecule has 0 amide bonds. The normalized spacial score (nSPS) is 22.7. The van der Waals surface area contributed by atoms with Crippen molar-refractivity contribution in [3.05, 3.63) is 54.7 Å². The molecular weight excluding hydrogens is 378 g/mol. The highest BCUT2D eigenvalue weighted by Gasteiger charge is 2.28. The molecule has 0 unspecified atom stereocenters. The van der Waals surface area contributed by atoms with Crippen molar-refractivity contribution < 1.29 is 0 Å². The van der Waals surface area contributed by atoms with Crippen LogP contribution >= 0.6 is 0 Å². The first-order valence-electron chi connectivity index (χ1n) is 10.1. The van der Waals surface area contributed by atoms with E-state index in [1.54, 1.807) is 18.6 Å². The van der Waals surface area contributed by atoms with Crippen LogP contribution in [0.1, 0.15) is 36.7 Å². The molecule has 0 aromatic carbocycles. The van der Waals surface area contributed by atoms with Gasteiger partial charge in [0.25, 0.3) is 0 Å². The summed E-state index contributed by atoms with van der Waals surface area (Å²) in [4.78, 5) is 27.4. The molecule has 1 fully saturated rings. The monoisotopic (exact) mass is 405 g/mol. The van der Waals surface area contributed by atoms with Crippen LogP contribution in [-0.2, 0) is 21.1 Å². The van der Waals surface area contributed by atoms with E-state index < -0.39 is 0 Å². The molecule has 3 aromatic rings. The average molecular weight is 406 g/mol. The molecule has 0 spiro atoms. The number of hydrogen-bond donors (Lipinski definition) is 0. The van der Waals surface area contributed by atoms with Crippen LogP contribution in [0.5, 0.6) is 0 Å². The fourth-order valence-electron chi connectivity index (χ4n) is 3.62. The molecule has 1 saturated carbocycles. The summed E-state index contributed by atoms with van der Waals surface area (Å²) in [5.74, 6) is 2.55. The third kappa shape index (κ3) is 4.79. The SMILES string of the molecule is Cn1ccnc1C=NC1CC(N=Cc2nccn2C)CC(N=Cc2nccn2C)C1. The summed E-state index contributed by atoms with van der Waals surface area (Å²) in [5.41, 5.74) is 0. The van der Waals surface area contributed by atoms with Crippen molar-refractivity contribution in [3.8, 4) is 0 Å². The zero-order valence-electron chi connectivity index (χ0n) is 17.6. The van der Waals surface area contributed by atoms with Gasteiger partial charge in [0.15, 0.2) is 0 Å². The minimum atomic E-state index is 0.141. The van der Waals surface area contributed by atoms with Gasteiger partial charge in [0, 0.05) is 58.3 Å². The first kappa shape index (κ1) is 19.9. The van der Waals surface area contributed by atoms with Crippen LogP contribution in [-0.4, -0.2) is 65.4 Å². The van der Waals surface area contributed by atoms with E-state index >= 15 is 0 Å². The standard InChI is InChI=1S/C21H27N9/c1-28-7-4-22-19(28)13-25-16-10-17(26-14-20-23-5-8-29(20)2)12-18(11-16)27-15-21-24-6-9-30(21)3/h4-9,13-18H,10-12H2,1-3H3. The lowest BCUT2D eigenvalue weighted by Crippen LogP contribution is -2.31. The molecule has 0 saturated heterocycles. The highest BCUT2D eigenvalue weighted by Crippen LogP contribution is 2.26. The topological polar surface area (TPSA) is 90.5 Å². The maximum atomic E-state index is 4.81. The number of nitrogens with zero attached hydrogens (tertiary/aromatic N) is 9. The number of aromatic nitrogens is 6. The molecule has 3 aromatic heterocycles. The fraction of sp³-hybridized carbons (Fsp3) is 0.429. The van der Waals surface area contributed by atoms with Crippen molar-refractivity contribution in [1.29, 1.82) is 0 Å². The molecule has 30 heavy (non-hydrogen) atoms. The van der Waals surface area contributed by atoms with E-state index in [1.807, 2.05) is 72.1 Å². The lowest BCUT2D eigenvalue weighted by atomic mass is 9.88. The Hall–Kier alpha value is -3.36. The lowest BCUT2D eigenvalue weighted by molar-refractivity contribution is 0.357. The third-order valence-corrected chi connectivity index (χ3v) is 5.41. The number of imidazole rings is 3. The van der Waals surface area contributed by atoms with E-state index in [2.05, 4.69) is 15.0 Å².